The maximum atomic E-state index is 14.3. The fraction of sp³-hybridized carbons (Fsp3) is 0.231. The van der Waals surface area contributed by atoms with Crippen LogP contribution in [-0.4, -0.2) is 24.3 Å². The van der Waals surface area contributed by atoms with Gasteiger partial charge in [0.1, 0.15) is 5.41 Å². The van der Waals surface area contributed by atoms with E-state index in [0.717, 1.165) is 5.56 Å². The van der Waals surface area contributed by atoms with E-state index >= 15 is 0 Å². The van der Waals surface area contributed by atoms with Gasteiger partial charge in [-0.3, -0.25) is 9.79 Å². The lowest BCUT2D eigenvalue weighted by Gasteiger charge is -2.31. The van der Waals surface area contributed by atoms with Crippen LogP contribution in [0.3, 0.4) is 0 Å². The number of benzene rings is 3. The first kappa shape index (κ1) is 24.3. The number of hydrogen-bond donors (Lipinski definition) is 1. The van der Waals surface area contributed by atoms with Crippen LogP contribution >= 0.6 is 23.2 Å². The van der Waals surface area contributed by atoms with Gasteiger partial charge in [0.05, 0.1) is 6.54 Å². The molecule has 4 rings (SSSR count). The van der Waals surface area contributed by atoms with Gasteiger partial charge in [-0.05, 0) is 59.5 Å². The van der Waals surface area contributed by atoms with Crippen molar-refractivity contribution in [3.05, 3.63) is 105 Å². The van der Waals surface area contributed by atoms with Gasteiger partial charge in [0.25, 0.3) is 5.91 Å². The van der Waals surface area contributed by atoms with Crippen molar-refractivity contribution in [2.45, 2.75) is 31.5 Å². The molecule has 1 aliphatic rings. The van der Waals surface area contributed by atoms with Gasteiger partial charge in [0.2, 0.25) is 0 Å². The molecule has 0 spiro atoms. The second kappa shape index (κ2) is 9.43. The van der Waals surface area contributed by atoms with E-state index in [9.17, 15) is 18.0 Å². The molecule has 1 heterocycles. The smallest absolute Gasteiger partial charge is 0.348 e. The van der Waals surface area contributed by atoms with Crippen molar-refractivity contribution in [3.63, 3.8) is 0 Å². The summed E-state index contributed by atoms with van der Waals surface area (Å²) in [4.78, 5) is 16.9. The van der Waals surface area contributed by atoms with Gasteiger partial charge in [-0.2, -0.15) is 13.2 Å². The summed E-state index contributed by atoms with van der Waals surface area (Å²) in [6.07, 6.45) is -4.90. The molecule has 0 radical (unpaired) electrons. The molecule has 8 heteroatoms. The molecule has 1 aliphatic heterocycles. The van der Waals surface area contributed by atoms with Crippen LogP contribution in [-0.2, 0) is 12.0 Å². The molecule has 1 atom stereocenters. The summed E-state index contributed by atoms with van der Waals surface area (Å²) in [5.41, 5.74) is 0.739. The zero-order valence-corrected chi connectivity index (χ0v) is 19.7. The molecule has 0 fully saturated rings. The van der Waals surface area contributed by atoms with Crippen molar-refractivity contribution in [1.29, 1.82) is 0 Å². The first-order chi connectivity index (χ1) is 16.1. The van der Waals surface area contributed by atoms with E-state index in [4.69, 9.17) is 23.2 Å². The van der Waals surface area contributed by atoms with Crippen molar-refractivity contribution < 1.29 is 18.0 Å². The van der Waals surface area contributed by atoms with Crippen LogP contribution in [0, 0.1) is 6.92 Å². The standard InChI is InChI=1S/C26H21Cl2F3N2O/c1-16-9-18(7-8-22(16)24(34)32-14-17-5-3-2-4-6-17)23-13-25(15-33-23,26(29,30)31)19-10-20(27)12-21(28)11-19/h2-12H,13-15H2,1H3,(H,32,34)/t25-/m0/s1. The number of aliphatic imine (C=N–C) groups is 1. The van der Waals surface area contributed by atoms with Gasteiger partial charge in [-0.15, -0.1) is 0 Å². The molecule has 0 saturated heterocycles. The first-order valence-corrected chi connectivity index (χ1v) is 11.3. The second-order valence-electron chi connectivity index (χ2n) is 8.38. The Hall–Kier alpha value is -2.83. The average Bonchev–Trinajstić information content (AvgIpc) is 3.25. The van der Waals surface area contributed by atoms with Crippen molar-refractivity contribution in [3.8, 4) is 0 Å². The quantitative estimate of drug-likeness (QED) is 0.402. The topological polar surface area (TPSA) is 41.5 Å². The lowest BCUT2D eigenvalue weighted by Crippen LogP contribution is -2.43. The Balaban J connectivity index is 1.56. The Morgan fingerprint density at radius 3 is 2.32 bits per heavy atom. The summed E-state index contributed by atoms with van der Waals surface area (Å²) in [6.45, 7) is 1.68. The summed E-state index contributed by atoms with van der Waals surface area (Å²) in [5, 5.41) is 3.15. The highest BCUT2D eigenvalue weighted by molar-refractivity contribution is 6.34. The maximum absolute atomic E-state index is 14.3. The first-order valence-electron chi connectivity index (χ1n) is 10.6. The lowest BCUT2D eigenvalue weighted by molar-refractivity contribution is -0.183. The Morgan fingerprint density at radius 1 is 1.03 bits per heavy atom. The maximum Gasteiger partial charge on any atom is 0.400 e. The third-order valence-corrected chi connectivity index (χ3v) is 6.50. The molecule has 3 nitrogen and oxygen atoms in total. The second-order valence-corrected chi connectivity index (χ2v) is 9.25. The number of aryl methyl sites for hydroxylation is 1. The number of nitrogens with one attached hydrogen (secondary N) is 1. The van der Waals surface area contributed by atoms with Crippen molar-refractivity contribution in [2.75, 3.05) is 6.54 Å². The minimum absolute atomic E-state index is 0.00937. The Bertz CT molecular complexity index is 1240. The van der Waals surface area contributed by atoms with E-state index < -0.39 is 18.1 Å². The molecule has 3 aromatic carbocycles. The molecule has 0 unspecified atom stereocenters. The summed E-state index contributed by atoms with van der Waals surface area (Å²) in [5.74, 6) is -0.250. The third-order valence-electron chi connectivity index (χ3n) is 6.07. The molecule has 0 aliphatic carbocycles. The number of carbonyl (C=O) groups is 1. The number of halogens is 5. The number of nitrogens with zero attached hydrogens (tertiary/aromatic N) is 1. The number of rotatable bonds is 5. The van der Waals surface area contributed by atoms with Crippen LogP contribution in [0.4, 0.5) is 13.2 Å². The molecule has 0 saturated carbocycles. The van der Waals surface area contributed by atoms with Gasteiger partial charge in [0.15, 0.2) is 0 Å². The molecule has 0 bridgehead atoms. The lowest BCUT2D eigenvalue weighted by atomic mass is 9.76. The fourth-order valence-electron chi connectivity index (χ4n) is 4.17. The Morgan fingerprint density at radius 2 is 1.71 bits per heavy atom. The molecule has 3 aromatic rings. The van der Waals surface area contributed by atoms with E-state index in [2.05, 4.69) is 10.3 Å². The van der Waals surface area contributed by atoms with E-state index in [1.165, 1.54) is 18.2 Å². The largest absolute Gasteiger partial charge is 0.400 e. The van der Waals surface area contributed by atoms with Crippen LogP contribution in [0.5, 0.6) is 0 Å². The van der Waals surface area contributed by atoms with E-state index in [1.807, 2.05) is 30.3 Å². The van der Waals surface area contributed by atoms with E-state index in [-0.39, 0.29) is 27.9 Å². The SMILES string of the molecule is Cc1cc(C2=NC[C@@](c3cc(Cl)cc(Cl)c3)(C(F)(F)F)C2)ccc1C(=O)NCc1ccccc1. The minimum atomic E-state index is -4.56. The molecule has 1 N–H and O–H groups in total. The van der Waals surface area contributed by atoms with Crippen molar-refractivity contribution in [2.24, 2.45) is 4.99 Å². The fourth-order valence-corrected chi connectivity index (χ4v) is 4.70. The molecule has 1 amide bonds. The van der Waals surface area contributed by atoms with Gasteiger partial charge in [-0.25, -0.2) is 0 Å². The van der Waals surface area contributed by atoms with Gasteiger partial charge < -0.3 is 5.32 Å². The van der Waals surface area contributed by atoms with Crippen molar-refractivity contribution >= 4 is 34.8 Å². The molecule has 176 valence electrons. The summed E-state index contributed by atoms with van der Waals surface area (Å²) < 4.78 is 42.9. The van der Waals surface area contributed by atoms with Crippen LogP contribution in [0.2, 0.25) is 10.0 Å². The monoisotopic (exact) mass is 504 g/mol. The predicted octanol–water partition coefficient (Wildman–Crippen LogP) is 6.92. The van der Waals surface area contributed by atoms with E-state index in [0.29, 0.717) is 28.9 Å². The van der Waals surface area contributed by atoms with Crippen LogP contribution in [0.25, 0.3) is 0 Å². The van der Waals surface area contributed by atoms with Crippen LogP contribution in [0.1, 0.15) is 39.0 Å². The number of alkyl halides is 3. The molecule has 34 heavy (non-hydrogen) atoms. The summed E-state index contributed by atoms with van der Waals surface area (Å²) in [6, 6.07) is 18.5. The van der Waals surface area contributed by atoms with Gasteiger partial charge in [-0.1, -0.05) is 59.6 Å². The normalized spacial score (nSPS) is 18.0. The van der Waals surface area contributed by atoms with Gasteiger partial charge in [0, 0.05) is 34.3 Å². The zero-order chi connectivity index (χ0) is 24.5. The number of carbonyl (C=O) groups excluding carboxylic acids is 1. The predicted molar refractivity (Wildman–Crippen MR) is 129 cm³/mol. The molecular formula is C26H21Cl2F3N2O. The molecular weight excluding hydrogens is 484 g/mol. The van der Waals surface area contributed by atoms with Crippen LogP contribution < -0.4 is 5.32 Å². The summed E-state index contributed by atoms with van der Waals surface area (Å²) in [7, 11) is 0. The highest BCUT2D eigenvalue weighted by Crippen LogP contribution is 2.48. The zero-order valence-electron chi connectivity index (χ0n) is 18.2. The Labute approximate surface area is 205 Å². The van der Waals surface area contributed by atoms with E-state index in [1.54, 1.807) is 25.1 Å². The highest BCUT2D eigenvalue weighted by atomic mass is 35.5. The highest BCUT2D eigenvalue weighted by Gasteiger charge is 2.58. The average molecular weight is 505 g/mol. The number of hydrogen-bond acceptors (Lipinski definition) is 2. The van der Waals surface area contributed by atoms with Crippen LogP contribution in [0.15, 0.2) is 71.7 Å². The minimum Gasteiger partial charge on any atom is -0.348 e. The Kier molecular flexibility index (Phi) is 6.74. The molecule has 0 aromatic heterocycles. The number of amides is 1. The summed E-state index contributed by atoms with van der Waals surface area (Å²) >= 11 is 12.0. The third kappa shape index (κ3) is 4.84. The van der Waals surface area contributed by atoms with Gasteiger partial charge >= 0.3 is 6.18 Å². The van der Waals surface area contributed by atoms with Crippen molar-refractivity contribution in [1.82, 2.24) is 5.32 Å².